The molecule has 2 fully saturated rings. The molecule has 0 aromatic rings. The van der Waals surface area contributed by atoms with E-state index >= 15 is 0 Å². The van der Waals surface area contributed by atoms with Gasteiger partial charge >= 0.3 is 0 Å². The molecule has 0 spiro atoms. The lowest BCUT2D eigenvalue weighted by Gasteiger charge is -2.31. The van der Waals surface area contributed by atoms with E-state index in [1.165, 1.54) is 6.42 Å². The Morgan fingerprint density at radius 3 is 2.43 bits per heavy atom. The molecule has 1 aliphatic heterocycles. The number of hydrogen-bond acceptors (Lipinski definition) is 3. The Kier molecular flexibility index (Phi) is 3.79. The first-order valence-electron chi connectivity index (χ1n) is 5.83. The molecule has 3 heteroatoms. The van der Waals surface area contributed by atoms with Gasteiger partial charge in [0.1, 0.15) is 0 Å². The van der Waals surface area contributed by atoms with Gasteiger partial charge in [-0.25, -0.2) is 0 Å². The highest BCUT2D eigenvalue weighted by atomic mass is 16.5. The van der Waals surface area contributed by atoms with E-state index in [0.717, 1.165) is 45.3 Å². The Morgan fingerprint density at radius 2 is 1.79 bits per heavy atom. The summed E-state index contributed by atoms with van der Waals surface area (Å²) in [4.78, 5) is 0. The monoisotopic (exact) mass is 199 g/mol. The van der Waals surface area contributed by atoms with Gasteiger partial charge in [-0.1, -0.05) is 0 Å². The zero-order valence-corrected chi connectivity index (χ0v) is 8.78. The van der Waals surface area contributed by atoms with E-state index in [1.54, 1.807) is 0 Å². The van der Waals surface area contributed by atoms with E-state index in [4.69, 9.17) is 15.2 Å². The minimum Gasteiger partial charge on any atom is -0.379 e. The lowest BCUT2D eigenvalue weighted by Crippen LogP contribution is -2.35. The van der Waals surface area contributed by atoms with Crippen molar-refractivity contribution in [3.8, 4) is 0 Å². The van der Waals surface area contributed by atoms with Crippen molar-refractivity contribution in [2.45, 2.75) is 56.8 Å². The summed E-state index contributed by atoms with van der Waals surface area (Å²) in [5, 5.41) is 0. The van der Waals surface area contributed by atoms with Crippen LogP contribution in [0.15, 0.2) is 0 Å². The second kappa shape index (κ2) is 5.10. The fraction of sp³-hybridized carbons (Fsp3) is 1.00. The van der Waals surface area contributed by atoms with Crippen LogP contribution in [0, 0.1) is 0 Å². The molecule has 1 heterocycles. The molecule has 1 unspecified atom stereocenters. The predicted octanol–water partition coefficient (Wildman–Crippen LogP) is 1.45. The van der Waals surface area contributed by atoms with Gasteiger partial charge in [-0.15, -0.1) is 0 Å². The average Bonchev–Trinajstić information content (AvgIpc) is 2.23. The van der Waals surface area contributed by atoms with Crippen molar-refractivity contribution in [3.63, 3.8) is 0 Å². The van der Waals surface area contributed by atoms with Gasteiger partial charge in [0.25, 0.3) is 0 Å². The predicted molar refractivity (Wildman–Crippen MR) is 55.2 cm³/mol. The Labute approximate surface area is 85.9 Å². The van der Waals surface area contributed by atoms with Crippen LogP contribution in [0.4, 0.5) is 0 Å². The number of hydrogen-bond donors (Lipinski definition) is 1. The summed E-state index contributed by atoms with van der Waals surface area (Å²) in [5.74, 6) is 0. The second-order valence-electron chi connectivity index (χ2n) is 4.51. The summed E-state index contributed by atoms with van der Waals surface area (Å²) in [6, 6.07) is 0.414. The molecule has 0 bridgehead atoms. The molecule has 1 atom stereocenters. The third kappa shape index (κ3) is 2.94. The van der Waals surface area contributed by atoms with Crippen molar-refractivity contribution in [2.24, 2.45) is 5.73 Å². The van der Waals surface area contributed by atoms with E-state index < -0.39 is 0 Å². The summed E-state index contributed by atoms with van der Waals surface area (Å²) in [7, 11) is 0. The first kappa shape index (κ1) is 10.4. The van der Waals surface area contributed by atoms with Crippen molar-refractivity contribution in [3.05, 3.63) is 0 Å². The molecule has 82 valence electrons. The zero-order chi connectivity index (χ0) is 9.80. The molecule has 2 aliphatic rings. The molecule has 1 aliphatic carbocycles. The summed E-state index contributed by atoms with van der Waals surface area (Å²) in [6.45, 7) is 1.71. The fourth-order valence-electron chi connectivity index (χ4n) is 2.32. The normalized spacial score (nSPS) is 39.6. The van der Waals surface area contributed by atoms with Crippen LogP contribution in [0.25, 0.3) is 0 Å². The topological polar surface area (TPSA) is 44.5 Å². The first-order chi connectivity index (χ1) is 6.84. The standard InChI is InChI=1S/C11H21NO2/c12-9-3-5-10(6-4-9)14-11-2-1-7-13-8-11/h9-11H,1-8,12H2. The molecule has 3 nitrogen and oxygen atoms in total. The van der Waals surface area contributed by atoms with Gasteiger partial charge in [0.15, 0.2) is 0 Å². The van der Waals surface area contributed by atoms with E-state index in [1.807, 2.05) is 0 Å². The van der Waals surface area contributed by atoms with Crippen LogP contribution in [0.1, 0.15) is 38.5 Å². The van der Waals surface area contributed by atoms with Gasteiger partial charge in [0.2, 0.25) is 0 Å². The molecular weight excluding hydrogens is 178 g/mol. The Balaban J connectivity index is 1.68. The van der Waals surface area contributed by atoms with Crippen LogP contribution in [-0.4, -0.2) is 31.5 Å². The van der Waals surface area contributed by atoms with E-state index in [-0.39, 0.29) is 0 Å². The van der Waals surface area contributed by atoms with Crippen molar-refractivity contribution in [1.29, 1.82) is 0 Å². The first-order valence-corrected chi connectivity index (χ1v) is 5.83. The molecule has 1 saturated carbocycles. The maximum Gasteiger partial charge on any atom is 0.0813 e. The largest absolute Gasteiger partial charge is 0.379 e. The summed E-state index contributed by atoms with van der Waals surface area (Å²) >= 11 is 0. The van der Waals surface area contributed by atoms with Crippen LogP contribution in [0.3, 0.4) is 0 Å². The van der Waals surface area contributed by atoms with Crippen LogP contribution in [0.2, 0.25) is 0 Å². The second-order valence-corrected chi connectivity index (χ2v) is 4.51. The summed E-state index contributed by atoms with van der Waals surface area (Å²) in [6.07, 6.45) is 7.63. The third-order valence-electron chi connectivity index (χ3n) is 3.22. The lowest BCUT2D eigenvalue weighted by atomic mass is 9.93. The molecule has 1 saturated heterocycles. The molecule has 0 radical (unpaired) electrons. The van der Waals surface area contributed by atoms with E-state index in [0.29, 0.717) is 18.2 Å². The van der Waals surface area contributed by atoms with Crippen molar-refractivity contribution in [2.75, 3.05) is 13.2 Å². The molecule has 2 rings (SSSR count). The number of rotatable bonds is 2. The molecule has 0 aromatic heterocycles. The summed E-state index contributed by atoms with van der Waals surface area (Å²) < 4.78 is 11.4. The average molecular weight is 199 g/mol. The molecule has 0 amide bonds. The quantitative estimate of drug-likeness (QED) is 0.732. The number of nitrogens with two attached hydrogens (primary N) is 1. The van der Waals surface area contributed by atoms with Gasteiger partial charge in [0.05, 0.1) is 18.8 Å². The molecular formula is C11H21NO2. The van der Waals surface area contributed by atoms with Crippen LogP contribution in [-0.2, 0) is 9.47 Å². The van der Waals surface area contributed by atoms with Crippen molar-refractivity contribution in [1.82, 2.24) is 0 Å². The maximum absolute atomic E-state index is 6.00. The van der Waals surface area contributed by atoms with Crippen LogP contribution < -0.4 is 5.73 Å². The molecule has 2 N–H and O–H groups in total. The Hall–Kier alpha value is -0.120. The highest BCUT2D eigenvalue weighted by Crippen LogP contribution is 2.23. The van der Waals surface area contributed by atoms with Gasteiger partial charge < -0.3 is 15.2 Å². The van der Waals surface area contributed by atoms with E-state index in [2.05, 4.69) is 0 Å². The van der Waals surface area contributed by atoms with Crippen molar-refractivity contribution < 1.29 is 9.47 Å². The van der Waals surface area contributed by atoms with Gasteiger partial charge in [-0.3, -0.25) is 0 Å². The zero-order valence-electron chi connectivity index (χ0n) is 8.78. The minimum absolute atomic E-state index is 0.350. The van der Waals surface area contributed by atoms with Crippen LogP contribution in [0.5, 0.6) is 0 Å². The highest BCUT2D eigenvalue weighted by molar-refractivity contribution is 4.76. The van der Waals surface area contributed by atoms with Crippen LogP contribution >= 0.6 is 0 Å². The van der Waals surface area contributed by atoms with Gasteiger partial charge in [0, 0.05) is 12.6 Å². The fourth-order valence-corrected chi connectivity index (χ4v) is 2.32. The third-order valence-corrected chi connectivity index (χ3v) is 3.22. The molecule has 0 aromatic carbocycles. The Bertz CT molecular complexity index is 161. The minimum atomic E-state index is 0.350. The maximum atomic E-state index is 6.00. The number of ether oxygens (including phenoxy) is 2. The molecule has 14 heavy (non-hydrogen) atoms. The van der Waals surface area contributed by atoms with Gasteiger partial charge in [-0.2, -0.15) is 0 Å². The lowest BCUT2D eigenvalue weighted by molar-refractivity contribution is -0.0934. The SMILES string of the molecule is NC1CCC(OC2CCCOC2)CC1. The van der Waals surface area contributed by atoms with E-state index in [9.17, 15) is 0 Å². The van der Waals surface area contributed by atoms with Crippen molar-refractivity contribution >= 4 is 0 Å². The Morgan fingerprint density at radius 1 is 1.00 bits per heavy atom. The smallest absolute Gasteiger partial charge is 0.0813 e. The summed E-state index contributed by atoms with van der Waals surface area (Å²) in [5.41, 5.74) is 5.85. The highest BCUT2D eigenvalue weighted by Gasteiger charge is 2.23. The van der Waals surface area contributed by atoms with Gasteiger partial charge in [-0.05, 0) is 38.5 Å².